The molecule has 2 saturated carbocycles. The first-order valence-corrected chi connectivity index (χ1v) is 8.75. The second kappa shape index (κ2) is 4.85. The van der Waals surface area contributed by atoms with Crippen LogP contribution in [0.1, 0.15) is 44.3 Å². The largest absolute Gasteiger partial charge is 0.319 e. The monoisotopic (exact) mass is 290 g/mol. The molecule has 2 aliphatic carbocycles. The second-order valence-corrected chi connectivity index (χ2v) is 7.50. The minimum atomic E-state index is 0.0999. The number of hydrogen-bond donors (Lipinski definition) is 1. The van der Waals surface area contributed by atoms with Gasteiger partial charge in [-0.3, -0.25) is 10.1 Å². The van der Waals surface area contributed by atoms with Gasteiger partial charge in [-0.05, 0) is 66.3 Å². The molecule has 0 aromatic carbocycles. The Bertz CT molecular complexity index is 501. The van der Waals surface area contributed by atoms with Gasteiger partial charge in [0, 0.05) is 6.04 Å². The number of nitrogens with one attached hydrogen (secondary N) is 1. The van der Waals surface area contributed by atoms with Crippen LogP contribution in [0, 0.1) is 17.8 Å². The molecule has 3 nitrogen and oxygen atoms in total. The summed E-state index contributed by atoms with van der Waals surface area (Å²) in [5.41, 5.74) is 1.25. The summed E-state index contributed by atoms with van der Waals surface area (Å²) in [7, 11) is 0. The van der Waals surface area contributed by atoms with E-state index < -0.39 is 0 Å². The van der Waals surface area contributed by atoms with Gasteiger partial charge in [0.1, 0.15) is 6.17 Å². The topological polar surface area (TPSA) is 32.3 Å². The summed E-state index contributed by atoms with van der Waals surface area (Å²) in [5, 5.41) is 7.65. The lowest BCUT2D eigenvalue weighted by atomic mass is 9.83. The minimum absolute atomic E-state index is 0.0999. The van der Waals surface area contributed by atoms with Gasteiger partial charge in [0.25, 0.3) is 0 Å². The summed E-state index contributed by atoms with van der Waals surface area (Å²) in [4.78, 5) is 14.5. The third-order valence-corrected chi connectivity index (χ3v) is 6.42. The summed E-state index contributed by atoms with van der Waals surface area (Å²) in [6.45, 7) is 2.77. The standard InChI is InChI=1S/C16H22N2OS/c1-10(14-7-11-2-3-12(14)6-11)18-15(19)8-17-16(18)13-4-5-20-9-13/h4-5,9-12,14,16-17H,2-3,6-8H2,1H3. The molecule has 3 aliphatic rings. The molecular formula is C16H22N2OS. The van der Waals surface area contributed by atoms with Crippen LogP contribution < -0.4 is 5.32 Å². The van der Waals surface area contributed by atoms with Crippen LogP contribution in [-0.4, -0.2) is 23.4 Å². The number of carbonyl (C=O) groups excluding carboxylic acids is 1. The van der Waals surface area contributed by atoms with Crippen LogP contribution in [0.5, 0.6) is 0 Å². The number of nitrogens with zero attached hydrogens (tertiary/aromatic N) is 1. The van der Waals surface area contributed by atoms with Crippen LogP contribution in [0.2, 0.25) is 0 Å². The SMILES string of the molecule is CC(C1CC2CCC1C2)N1C(=O)CNC1c1ccsc1. The van der Waals surface area contributed by atoms with Crippen LogP contribution >= 0.6 is 11.3 Å². The Morgan fingerprint density at radius 1 is 1.40 bits per heavy atom. The van der Waals surface area contributed by atoms with Crippen LogP contribution in [0.15, 0.2) is 16.8 Å². The summed E-state index contributed by atoms with van der Waals surface area (Å²) in [6.07, 6.45) is 5.66. The molecule has 1 aliphatic heterocycles. The number of rotatable bonds is 3. The molecule has 20 heavy (non-hydrogen) atoms. The van der Waals surface area contributed by atoms with Gasteiger partial charge in [-0.1, -0.05) is 6.42 Å². The first-order chi connectivity index (χ1) is 9.74. The maximum Gasteiger partial charge on any atom is 0.238 e. The van der Waals surface area contributed by atoms with Gasteiger partial charge in [-0.25, -0.2) is 0 Å². The zero-order chi connectivity index (χ0) is 13.7. The van der Waals surface area contributed by atoms with Gasteiger partial charge < -0.3 is 4.90 Å². The van der Waals surface area contributed by atoms with Crippen molar-refractivity contribution in [3.05, 3.63) is 22.4 Å². The van der Waals surface area contributed by atoms with Crippen LogP contribution in [0.3, 0.4) is 0 Å². The number of fused-ring (bicyclic) bond motifs is 2. The van der Waals surface area contributed by atoms with E-state index in [0.717, 1.165) is 17.8 Å². The van der Waals surface area contributed by atoms with Crippen LogP contribution in [0.4, 0.5) is 0 Å². The first kappa shape index (κ1) is 12.8. The van der Waals surface area contributed by atoms with E-state index in [-0.39, 0.29) is 12.1 Å². The number of hydrogen-bond acceptors (Lipinski definition) is 3. The van der Waals surface area contributed by atoms with Gasteiger partial charge in [-0.2, -0.15) is 11.3 Å². The van der Waals surface area contributed by atoms with E-state index in [9.17, 15) is 4.79 Å². The molecule has 2 heterocycles. The van der Waals surface area contributed by atoms with Crippen molar-refractivity contribution in [1.82, 2.24) is 10.2 Å². The molecule has 5 unspecified atom stereocenters. The van der Waals surface area contributed by atoms with Gasteiger partial charge >= 0.3 is 0 Å². The fraction of sp³-hybridized carbons (Fsp3) is 0.688. The van der Waals surface area contributed by atoms with E-state index in [2.05, 4.69) is 34.0 Å². The second-order valence-electron chi connectivity index (χ2n) is 6.72. The number of thiophene rings is 1. The summed E-state index contributed by atoms with van der Waals surface area (Å²) >= 11 is 1.71. The van der Waals surface area contributed by atoms with Crippen LogP contribution in [0.25, 0.3) is 0 Å². The van der Waals surface area contributed by atoms with Crippen LogP contribution in [-0.2, 0) is 4.79 Å². The maximum absolute atomic E-state index is 12.4. The Morgan fingerprint density at radius 3 is 2.95 bits per heavy atom. The molecule has 4 heteroatoms. The van der Waals surface area contributed by atoms with Crippen molar-refractivity contribution < 1.29 is 4.79 Å². The lowest BCUT2D eigenvalue weighted by Crippen LogP contribution is -2.43. The fourth-order valence-electron chi connectivity index (χ4n) is 4.78. The predicted molar refractivity (Wildman–Crippen MR) is 80.3 cm³/mol. The molecule has 108 valence electrons. The van der Waals surface area contributed by atoms with E-state index >= 15 is 0 Å². The van der Waals surface area contributed by atoms with Crippen molar-refractivity contribution >= 4 is 17.2 Å². The van der Waals surface area contributed by atoms with E-state index in [1.54, 1.807) is 11.3 Å². The summed E-state index contributed by atoms with van der Waals surface area (Å²) < 4.78 is 0. The summed E-state index contributed by atoms with van der Waals surface area (Å²) in [5.74, 6) is 2.81. The highest BCUT2D eigenvalue weighted by atomic mass is 32.1. The maximum atomic E-state index is 12.4. The fourth-order valence-corrected chi connectivity index (χ4v) is 5.46. The third kappa shape index (κ3) is 1.92. The Kier molecular flexibility index (Phi) is 3.11. The zero-order valence-corrected chi connectivity index (χ0v) is 12.7. The predicted octanol–water partition coefficient (Wildman–Crippen LogP) is 3.00. The molecule has 1 N–H and O–H groups in total. The quantitative estimate of drug-likeness (QED) is 0.928. The molecule has 1 aromatic heterocycles. The molecule has 1 aromatic rings. The first-order valence-electron chi connectivity index (χ1n) is 7.80. The molecule has 0 radical (unpaired) electrons. The normalized spacial score (nSPS) is 37.9. The Morgan fingerprint density at radius 2 is 2.30 bits per heavy atom. The van der Waals surface area contributed by atoms with Gasteiger partial charge in [0.2, 0.25) is 5.91 Å². The highest BCUT2D eigenvalue weighted by Gasteiger charge is 2.46. The minimum Gasteiger partial charge on any atom is -0.319 e. The smallest absolute Gasteiger partial charge is 0.238 e. The molecule has 4 rings (SSSR count). The van der Waals surface area contributed by atoms with Crippen molar-refractivity contribution in [2.24, 2.45) is 17.8 Å². The zero-order valence-electron chi connectivity index (χ0n) is 11.9. The van der Waals surface area contributed by atoms with E-state index in [0.29, 0.717) is 12.6 Å². The van der Waals surface area contributed by atoms with Crippen molar-refractivity contribution in [2.75, 3.05) is 6.54 Å². The van der Waals surface area contributed by atoms with Gasteiger partial charge in [0.15, 0.2) is 0 Å². The number of carbonyl (C=O) groups is 1. The Hall–Kier alpha value is -0.870. The highest BCUT2D eigenvalue weighted by molar-refractivity contribution is 7.07. The molecule has 5 atom stereocenters. The van der Waals surface area contributed by atoms with Crippen molar-refractivity contribution in [3.63, 3.8) is 0 Å². The van der Waals surface area contributed by atoms with Gasteiger partial charge in [-0.15, -0.1) is 0 Å². The average molecular weight is 290 g/mol. The molecule has 1 saturated heterocycles. The average Bonchev–Trinajstić information content (AvgIpc) is 3.21. The Balaban J connectivity index is 1.57. The van der Waals surface area contributed by atoms with E-state index in [4.69, 9.17) is 0 Å². The number of amides is 1. The van der Waals surface area contributed by atoms with E-state index in [1.165, 1.54) is 31.2 Å². The van der Waals surface area contributed by atoms with Gasteiger partial charge in [0.05, 0.1) is 6.54 Å². The van der Waals surface area contributed by atoms with Crippen molar-refractivity contribution in [1.29, 1.82) is 0 Å². The molecule has 1 amide bonds. The van der Waals surface area contributed by atoms with Crippen molar-refractivity contribution in [2.45, 2.75) is 44.8 Å². The molecular weight excluding hydrogens is 268 g/mol. The molecule has 3 fully saturated rings. The molecule has 0 spiro atoms. The highest BCUT2D eigenvalue weighted by Crippen LogP contribution is 2.51. The van der Waals surface area contributed by atoms with E-state index in [1.807, 2.05) is 0 Å². The lowest BCUT2D eigenvalue weighted by molar-refractivity contribution is -0.131. The van der Waals surface area contributed by atoms with Crippen molar-refractivity contribution in [3.8, 4) is 0 Å². The molecule has 2 bridgehead atoms. The third-order valence-electron chi connectivity index (χ3n) is 5.72. The summed E-state index contributed by atoms with van der Waals surface area (Å²) in [6, 6.07) is 2.51. The Labute approximate surface area is 124 Å². The lowest BCUT2D eigenvalue weighted by Gasteiger charge is -2.37.